The number of nitrogens with one attached hydrogen (secondary N) is 2. The van der Waals surface area contributed by atoms with Gasteiger partial charge in [-0.25, -0.2) is 13.2 Å². The minimum atomic E-state index is -5.40. The summed E-state index contributed by atoms with van der Waals surface area (Å²) < 4.78 is 85.5. The Kier molecular flexibility index (Phi) is 17.6. The molecule has 0 aromatic heterocycles. The molecule has 14 nitrogen and oxygen atoms in total. The first kappa shape index (κ1) is 55.4. The number of hydrogen-bond donors (Lipinski definition) is 2. The number of likely N-dealkylation sites (N-methyl/N-ethyl adjacent to an activating group) is 3. The third-order valence-corrected chi connectivity index (χ3v) is 15.1. The summed E-state index contributed by atoms with van der Waals surface area (Å²) in [4.78, 5) is 104. The van der Waals surface area contributed by atoms with Gasteiger partial charge in [0.25, 0.3) is 5.92 Å². The zero-order valence-electron chi connectivity index (χ0n) is 41.4. The number of rotatable bonds is 11. The average molecular weight is 1030 g/mol. The lowest BCUT2D eigenvalue weighted by Crippen LogP contribution is -2.65. The lowest BCUT2D eigenvalue weighted by molar-refractivity contribution is -0.299. The zero-order chi connectivity index (χ0) is 52.3. The molecule has 3 aliphatic heterocycles. The smallest absolute Gasteiger partial charge is 0.344 e. The van der Waals surface area contributed by atoms with Crippen LogP contribution < -0.4 is 10.6 Å². The SMILES string of the molecule is CC(=O)N1CC=C(c2ccc(Cl)cc2C[C@H]2C(=O)N(C)CCCCCCC[C@H](N(C)C(=O)[C@@H](NC(=O)[C@@H]3C[C@@H](F)CN3C(=O)C3(C(F)(F)F)CC(F)(F)C3)C3CC3)C(=O)N[C@@H](CC(C)C)C(=O)N2C)CC1. The quantitative estimate of drug-likeness (QED) is 0.245. The summed E-state index contributed by atoms with van der Waals surface area (Å²) in [5.74, 6) is -9.66. The van der Waals surface area contributed by atoms with Gasteiger partial charge in [-0.3, -0.25) is 33.6 Å². The van der Waals surface area contributed by atoms with Gasteiger partial charge in [-0.15, -0.1) is 0 Å². The maximum Gasteiger partial charge on any atom is 0.403 e. The molecule has 6 atom stereocenters. The Morgan fingerprint density at radius 1 is 0.958 bits per heavy atom. The van der Waals surface area contributed by atoms with Gasteiger partial charge >= 0.3 is 6.18 Å². The number of benzene rings is 1. The molecule has 0 radical (unpaired) electrons. The predicted octanol–water partition coefficient (Wildman–Crippen LogP) is 6.33. The molecule has 2 saturated carbocycles. The van der Waals surface area contributed by atoms with Gasteiger partial charge in [-0.2, -0.15) is 13.2 Å². The third-order valence-electron chi connectivity index (χ3n) is 14.9. The first-order valence-corrected chi connectivity index (χ1v) is 25.1. The van der Waals surface area contributed by atoms with Crippen LogP contribution in [0.15, 0.2) is 24.3 Å². The van der Waals surface area contributed by atoms with E-state index in [9.17, 15) is 59.9 Å². The first-order chi connectivity index (χ1) is 33.2. The number of nitrogens with zero attached hydrogens (tertiary/aromatic N) is 5. The Morgan fingerprint density at radius 2 is 1.62 bits per heavy atom. The van der Waals surface area contributed by atoms with E-state index in [4.69, 9.17) is 11.6 Å². The highest BCUT2D eigenvalue weighted by Crippen LogP contribution is 2.61. The van der Waals surface area contributed by atoms with Crippen LogP contribution in [0.3, 0.4) is 0 Å². The largest absolute Gasteiger partial charge is 0.403 e. The summed E-state index contributed by atoms with van der Waals surface area (Å²) in [6.07, 6.45) is -4.69. The Hall–Kier alpha value is -4.88. The van der Waals surface area contributed by atoms with Crippen molar-refractivity contribution in [3.8, 4) is 0 Å². The molecular weight excluding hydrogens is 960 g/mol. The van der Waals surface area contributed by atoms with E-state index < -0.39 is 115 Å². The van der Waals surface area contributed by atoms with Crippen LogP contribution >= 0.6 is 11.6 Å². The van der Waals surface area contributed by atoms with Crippen molar-refractivity contribution in [2.24, 2.45) is 17.3 Å². The summed E-state index contributed by atoms with van der Waals surface area (Å²) in [5.41, 5.74) is -0.974. The molecule has 2 N–H and O–H groups in total. The molecule has 21 heteroatoms. The highest BCUT2D eigenvalue weighted by molar-refractivity contribution is 6.30. The molecule has 0 spiro atoms. The maximum atomic E-state index is 14.9. The van der Waals surface area contributed by atoms with Crippen LogP contribution in [-0.4, -0.2) is 162 Å². The van der Waals surface area contributed by atoms with Crippen LogP contribution in [0.4, 0.5) is 26.3 Å². The van der Waals surface area contributed by atoms with Crippen LogP contribution in [0.25, 0.3) is 5.57 Å². The zero-order valence-corrected chi connectivity index (χ0v) is 42.2. The Labute approximate surface area is 416 Å². The van der Waals surface area contributed by atoms with Crippen LogP contribution in [0.5, 0.6) is 0 Å². The molecule has 7 amide bonds. The van der Waals surface area contributed by atoms with Crippen molar-refractivity contribution in [3.05, 3.63) is 40.4 Å². The molecule has 4 fully saturated rings. The van der Waals surface area contributed by atoms with E-state index in [-0.39, 0.29) is 37.0 Å². The minimum absolute atomic E-state index is 0.0458. The van der Waals surface area contributed by atoms with Gasteiger partial charge in [0.15, 0.2) is 5.41 Å². The van der Waals surface area contributed by atoms with Crippen molar-refractivity contribution in [3.63, 3.8) is 0 Å². The molecular formula is C50H68ClF6N7O7. The Bertz CT molecular complexity index is 2220. The van der Waals surface area contributed by atoms with E-state index in [1.54, 1.807) is 29.0 Å². The molecule has 0 unspecified atom stereocenters. The van der Waals surface area contributed by atoms with E-state index in [0.29, 0.717) is 73.6 Å². The topological polar surface area (TPSA) is 160 Å². The van der Waals surface area contributed by atoms with E-state index in [2.05, 4.69) is 10.6 Å². The predicted molar refractivity (Wildman–Crippen MR) is 252 cm³/mol. The number of halogens is 7. The molecule has 394 valence electrons. The standard InChI is InChI=1S/C50H68ClF6N7O7/c1-29(2)22-37-44(68)62(6)40(24-33-23-34(51)15-16-36(33)31-17-20-63(21-18-31)30(3)65)45(69)60(4)19-11-9-7-8-10-12-38(42(66)58-37)61(5)46(70)41(32-13-14-32)59-43(67)39-25-35(52)26-64(39)47(71)48(50(55,56)57)27-49(53,54)28-48/h15-17,23,29,32,35,37-41H,7-14,18-22,24-28H2,1-6H3,(H,58,66)(H,59,67)/t35-,37+,38+,39+,40+,41+/m1/s1. The van der Waals surface area contributed by atoms with Crippen molar-refractivity contribution >= 4 is 58.5 Å². The normalized spacial score (nSPS) is 26.4. The van der Waals surface area contributed by atoms with Crippen LogP contribution in [0.1, 0.15) is 115 Å². The summed E-state index contributed by atoms with van der Waals surface area (Å²) >= 11 is 6.57. The van der Waals surface area contributed by atoms with Crippen LogP contribution in [0.2, 0.25) is 5.02 Å². The minimum Gasteiger partial charge on any atom is -0.344 e. The summed E-state index contributed by atoms with van der Waals surface area (Å²) in [6.45, 7) is 5.64. The van der Waals surface area contributed by atoms with E-state index in [0.717, 1.165) is 24.0 Å². The number of amides is 7. The fourth-order valence-electron chi connectivity index (χ4n) is 10.6. The average Bonchev–Trinajstić information content (AvgIpc) is 4.06. The monoisotopic (exact) mass is 1030 g/mol. The molecule has 5 aliphatic rings. The van der Waals surface area contributed by atoms with Crippen molar-refractivity contribution in [2.75, 3.05) is 47.3 Å². The van der Waals surface area contributed by atoms with Crippen molar-refractivity contribution in [1.29, 1.82) is 0 Å². The highest BCUT2D eigenvalue weighted by atomic mass is 35.5. The summed E-state index contributed by atoms with van der Waals surface area (Å²) in [6, 6.07) is -1.17. The Morgan fingerprint density at radius 3 is 2.21 bits per heavy atom. The number of likely N-dealkylation sites (tertiary alicyclic amines) is 1. The van der Waals surface area contributed by atoms with Crippen molar-refractivity contribution < 1.29 is 59.9 Å². The van der Waals surface area contributed by atoms with Gasteiger partial charge in [0.2, 0.25) is 41.4 Å². The summed E-state index contributed by atoms with van der Waals surface area (Å²) in [7, 11) is 4.58. The van der Waals surface area contributed by atoms with Gasteiger partial charge in [0.05, 0.1) is 6.54 Å². The van der Waals surface area contributed by atoms with E-state index in [1.807, 2.05) is 26.0 Å². The molecule has 3 heterocycles. The molecule has 2 saturated heterocycles. The fourth-order valence-corrected chi connectivity index (χ4v) is 10.7. The number of carbonyl (C=O) groups excluding carboxylic acids is 7. The van der Waals surface area contributed by atoms with Gasteiger partial charge in [-0.1, -0.05) is 63.3 Å². The van der Waals surface area contributed by atoms with Crippen LogP contribution in [0, 0.1) is 17.3 Å². The maximum absolute atomic E-state index is 14.9. The fraction of sp³-hybridized carbons (Fsp3) is 0.700. The lowest BCUT2D eigenvalue weighted by atomic mass is 9.64. The number of alkyl halides is 6. The number of carbonyl (C=O) groups is 7. The van der Waals surface area contributed by atoms with Crippen molar-refractivity contribution in [1.82, 2.24) is 35.1 Å². The summed E-state index contributed by atoms with van der Waals surface area (Å²) in [5, 5.41) is 5.86. The second-order valence-corrected chi connectivity index (χ2v) is 21.2. The second-order valence-electron chi connectivity index (χ2n) is 20.8. The highest BCUT2D eigenvalue weighted by Gasteiger charge is 2.75. The molecule has 1 aromatic carbocycles. The van der Waals surface area contributed by atoms with Gasteiger partial charge < -0.3 is 35.1 Å². The first-order valence-electron chi connectivity index (χ1n) is 24.8. The molecule has 0 bridgehead atoms. The van der Waals surface area contributed by atoms with E-state index in [1.165, 1.54) is 30.8 Å². The number of hydrogen-bond acceptors (Lipinski definition) is 7. The van der Waals surface area contributed by atoms with Gasteiger partial charge in [0, 0.05) is 78.4 Å². The van der Waals surface area contributed by atoms with Crippen molar-refractivity contribution in [2.45, 2.75) is 159 Å². The van der Waals surface area contributed by atoms with Crippen LogP contribution in [-0.2, 0) is 40.0 Å². The molecule has 1 aromatic rings. The molecule has 71 heavy (non-hydrogen) atoms. The third kappa shape index (κ3) is 12.8. The lowest BCUT2D eigenvalue weighted by Gasteiger charge is -2.48. The van der Waals surface area contributed by atoms with Gasteiger partial charge in [0.1, 0.15) is 36.4 Å². The molecule has 6 rings (SSSR count). The van der Waals surface area contributed by atoms with Gasteiger partial charge in [-0.05, 0) is 79.2 Å². The Balaban J connectivity index is 1.25. The molecule has 2 aliphatic carbocycles. The van der Waals surface area contributed by atoms with E-state index >= 15 is 0 Å². The second kappa shape index (κ2) is 22.5.